The van der Waals surface area contributed by atoms with Crippen molar-refractivity contribution in [2.75, 3.05) is 18.0 Å². The van der Waals surface area contributed by atoms with E-state index in [2.05, 4.69) is 10.3 Å². The molecular weight excluding hydrogens is 366 g/mol. The van der Waals surface area contributed by atoms with Crippen LogP contribution in [-0.4, -0.2) is 36.2 Å². The lowest BCUT2D eigenvalue weighted by Gasteiger charge is -2.12. The van der Waals surface area contributed by atoms with E-state index in [1.165, 1.54) is 0 Å². The van der Waals surface area contributed by atoms with Gasteiger partial charge in [-0.2, -0.15) is 0 Å². The quantitative estimate of drug-likeness (QED) is 0.708. The third-order valence-corrected chi connectivity index (χ3v) is 4.78. The van der Waals surface area contributed by atoms with Crippen molar-refractivity contribution in [1.29, 1.82) is 0 Å². The number of nitrogens with one attached hydrogen (secondary N) is 2. The Balaban J connectivity index is 1.34. The first-order valence-electron chi connectivity index (χ1n) is 8.65. The van der Waals surface area contributed by atoms with Gasteiger partial charge in [0.25, 0.3) is 0 Å². The maximum absolute atomic E-state index is 12.3. The van der Waals surface area contributed by atoms with Crippen LogP contribution in [-0.2, 0) is 16.0 Å². The number of hydrogen-bond donors (Lipinski definition) is 2. The summed E-state index contributed by atoms with van der Waals surface area (Å²) in [6.45, 7) is 0.683. The van der Waals surface area contributed by atoms with Crippen LogP contribution >= 0.6 is 11.6 Å². The summed E-state index contributed by atoms with van der Waals surface area (Å²) >= 11 is 6.04. The summed E-state index contributed by atoms with van der Waals surface area (Å²) in [4.78, 5) is 29.1. The van der Waals surface area contributed by atoms with Crippen molar-refractivity contribution in [3.63, 3.8) is 0 Å². The lowest BCUT2D eigenvalue weighted by atomic mass is 10.1. The largest absolute Gasteiger partial charge is 0.442 e. The van der Waals surface area contributed by atoms with Gasteiger partial charge in [-0.05, 0) is 35.9 Å². The molecule has 0 bridgehead atoms. The van der Waals surface area contributed by atoms with Crippen LogP contribution in [0.3, 0.4) is 0 Å². The molecular formula is C20H18ClN3O3. The zero-order chi connectivity index (χ0) is 18.8. The van der Waals surface area contributed by atoms with Gasteiger partial charge in [0.2, 0.25) is 5.91 Å². The Morgan fingerprint density at radius 1 is 1.26 bits per heavy atom. The Bertz CT molecular complexity index is 987. The summed E-state index contributed by atoms with van der Waals surface area (Å²) in [6.07, 6.45) is 1.27. The van der Waals surface area contributed by atoms with Gasteiger partial charge < -0.3 is 15.0 Å². The molecule has 1 fully saturated rings. The molecule has 1 atom stereocenters. The highest BCUT2D eigenvalue weighted by Crippen LogP contribution is 2.23. The van der Waals surface area contributed by atoms with Crippen LogP contribution in [0.4, 0.5) is 10.5 Å². The zero-order valence-corrected chi connectivity index (χ0v) is 15.2. The number of nitrogens with zero attached hydrogens (tertiary/aromatic N) is 1. The van der Waals surface area contributed by atoms with E-state index in [1.807, 2.05) is 48.7 Å². The van der Waals surface area contributed by atoms with Gasteiger partial charge in [0.05, 0.1) is 19.5 Å². The topological polar surface area (TPSA) is 74.4 Å². The average Bonchev–Trinajstić information content (AvgIpc) is 3.24. The molecule has 2 N–H and O–H groups in total. The highest BCUT2D eigenvalue weighted by Gasteiger charge is 2.32. The predicted molar refractivity (Wildman–Crippen MR) is 104 cm³/mol. The van der Waals surface area contributed by atoms with Crippen molar-refractivity contribution in [2.45, 2.75) is 12.5 Å². The fraction of sp³-hybridized carbons (Fsp3) is 0.200. The number of anilines is 1. The van der Waals surface area contributed by atoms with Crippen molar-refractivity contribution in [3.05, 3.63) is 65.3 Å². The van der Waals surface area contributed by atoms with E-state index >= 15 is 0 Å². The molecule has 0 radical (unpaired) electrons. The zero-order valence-electron chi connectivity index (χ0n) is 14.4. The summed E-state index contributed by atoms with van der Waals surface area (Å²) in [7, 11) is 0. The number of amides is 2. The van der Waals surface area contributed by atoms with E-state index < -0.39 is 6.09 Å². The highest BCUT2D eigenvalue weighted by atomic mass is 35.5. The maximum atomic E-state index is 12.3. The maximum Gasteiger partial charge on any atom is 0.414 e. The number of aromatic nitrogens is 1. The SMILES string of the molecule is O=C(Cc1c[nH]c2ccc(Cl)cc12)NCC1CN(c2ccccc2)C(=O)O1. The van der Waals surface area contributed by atoms with Gasteiger partial charge in [0.1, 0.15) is 6.10 Å². The van der Waals surface area contributed by atoms with E-state index in [-0.39, 0.29) is 25.0 Å². The third-order valence-electron chi connectivity index (χ3n) is 4.55. The average molecular weight is 384 g/mol. The van der Waals surface area contributed by atoms with Gasteiger partial charge in [-0.3, -0.25) is 9.69 Å². The van der Waals surface area contributed by atoms with Crippen LogP contribution in [0.5, 0.6) is 0 Å². The summed E-state index contributed by atoms with van der Waals surface area (Å²) in [5, 5.41) is 4.40. The number of carbonyl (C=O) groups excluding carboxylic acids is 2. The molecule has 2 aromatic carbocycles. The molecule has 7 heteroatoms. The predicted octanol–water partition coefficient (Wildman–Crippen LogP) is 3.51. The molecule has 2 heterocycles. The van der Waals surface area contributed by atoms with Crippen molar-refractivity contribution in [1.82, 2.24) is 10.3 Å². The van der Waals surface area contributed by atoms with Gasteiger partial charge in [-0.15, -0.1) is 0 Å². The Hall–Kier alpha value is -2.99. The number of aromatic amines is 1. The van der Waals surface area contributed by atoms with E-state index in [4.69, 9.17) is 16.3 Å². The molecule has 3 aromatic rings. The molecule has 6 nitrogen and oxygen atoms in total. The van der Waals surface area contributed by atoms with Crippen molar-refractivity contribution >= 4 is 40.2 Å². The summed E-state index contributed by atoms with van der Waals surface area (Å²) in [5.74, 6) is -0.134. The van der Waals surface area contributed by atoms with E-state index in [0.717, 1.165) is 22.2 Å². The smallest absolute Gasteiger partial charge is 0.414 e. The molecule has 1 unspecified atom stereocenters. The second kappa shape index (κ2) is 7.32. The standard InChI is InChI=1S/C20H18ClN3O3/c21-14-6-7-18-17(9-14)13(10-22-18)8-19(25)23-11-16-12-24(20(26)27-16)15-4-2-1-3-5-15/h1-7,9-10,16,22H,8,11-12H2,(H,23,25). The van der Waals surface area contributed by atoms with Gasteiger partial charge in [-0.1, -0.05) is 29.8 Å². The monoisotopic (exact) mass is 383 g/mol. The van der Waals surface area contributed by atoms with E-state index in [1.54, 1.807) is 11.0 Å². The number of fused-ring (bicyclic) bond motifs is 1. The normalized spacial score (nSPS) is 16.6. The number of rotatable bonds is 5. The minimum atomic E-state index is -0.397. The van der Waals surface area contributed by atoms with Crippen LogP contribution in [0.25, 0.3) is 10.9 Å². The Morgan fingerprint density at radius 3 is 2.89 bits per heavy atom. The number of ether oxygens (including phenoxy) is 1. The Morgan fingerprint density at radius 2 is 2.07 bits per heavy atom. The molecule has 0 saturated carbocycles. The first kappa shape index (κ1) is 17.4. The second-order valence-electron chi connectivity index (χ2n) is 6.44. The lowest BCUT2D eigenvalue weighted by molar-refractivity contribution is -0.120. The molecule has 27 heavy (non-hydrogen) atoms. The summed E-state index contributed by atoms with van der Waals surface area (Å²) < 4.78 is 5.35. The Kier molecular flexibility index (Phi) is 4.73. The number of halogens is 1. The molecule has 0 aliphatic carbocycles. The molecule has 2 amide bonds. The fourth-order valence-corrected chi connectivity index (χ4v) is 3.38. The number of hydrogen-bond acceptors (Lipinski definition) is 3. The van der Waals surface area contributed by atoms with Crippen LogP contribution in [0.1, 0.15) is 5.56 Å². The van der Waals surface area contributed by atoms with E-state index in [9.17, 15) is 9.59 Å². The summed E-state index contributed by atoms with van der Waals surface area (Å²) in [5.41, 5.74) is 2.59. The first-order valence-corrected chi connectivity index (χ1v) is 9.03. The van der Waals surface area contributed by atoms with Crippen LogP contribution in [0.15, 0.2) is 54.7 Å². The number of benzene rings is 2. The van der Waals surface area contributed by atoms with Gasteiger partial charge in [0.15, 0.2) is 0 Å². The third kappa shape index (κ3) is 3.75. The number of para-hydroxylation sites is 1. The molecule has 4 rings (SSSR count). The highest BCUT2D eigenvalue weighted by molar-refractivity contribution is 6.31. The van der Waals surface area contributed by atoms with Crippen LogP contribution in [0, 0.1) is 0 Å². The molecule has 1 saturated heterocycles. The van der Waals surface area contributed by atoms with Crippen molar-refractivity contribution < 1.29 is 14.3 Å². The minimum absolute atomic E-state index is 0.134. The number of cyclic esters (lactones) is 1. The molecule has 1 aliphatic heterocycles. The summed E-state index contributed by atoms with van der Waals surface area (Å²) in [6, 6.07) is 14.9. The second-order valence-corrected chi connectivity index (χ2v) is 6.87. The fourth-order valence-electron chi connectivity index (χ4n) is 3.21. The first-order chi connectivity index (χ1) is 13.1. The van der Waals surface area contributed by atoms with Gasteiger partial charge >= 0.3 is 6.09 Å². The number of carbonyl (C=O) groups is 2. The molecule has 1 aliphatic rings. The Labute approximate surface area is 161 Å². The molecule has 1 aromatic heterocycles. The van der Waals surface area contributed by atoms with Crippen molar-refractivity contribution in [3.8, 4) is 0 Å². The number of H-pyrrole nitrogens is 1. The van der Waals surface area contributed by atoms with Crippen LogP contribution in [0.2, 0.25) is 5.02 Å². The van der Waals surface area contributed by atoms with Crippen LogP contribution < -0.4 is 10.2 Å². The lowest BCUT2D eigenvalue weighted by Crippen LogP contribution is -2.35. The minimum Gasteiger partial charge on any atom is -0.442 e. The molecule has 0 spiro atoms. The van der Waals surface area contributed by atoms with Gasteiger partial charge in [0, 0.05) is 27.8 Å². The van der Waals surface area contributed by atoms with Gasteiger partial charge in [-0.25, -0.2) is 4.79 Å². The molecule has 138 valence electrons. The van der Waals surface area contributed by atoms with Crippen molar-refractivity contribution in [2.24, 2.45) is 0 Å². The van der Waals surface area contributed by atoms with E-state index in [0.29, 0.717) is 11.6 Å².